The third-order valence-electron chi connectivity index (χ3n) is 5.71. The molecule has 5 rings (SSSR count). The molecule has 3 aromatic heterocycles. The summed E-state index contributed by atoms with van der Waals surface area (Å²) >= 11 is 0. The molecule has 8 nitrogen and oxygen atoms in total. The van der Waals surface area contributed by atoms with Crippen molar-refractivity contribution in [1.82, 2.24) is 29.3 Å². The highest BCUT2D eigenvalue weighted by atomic mass is 16.5. The van der Waals surface area contributed by atoms with Gasteiger partial charge >= 0.3 is 0 Å². The van der Waals surface area contributed by atoms with Gasteiger partial charge in [-0.3, -0.25) is 4.90 Å². The van der Waals surface area contributed by atoms with E-state index in [4.69, 9.17) is 9.15 Å². The lowest BCUT2D eigenvalue weighted by Crippen LogP contribution is -2.51. The molecule has 0 unspecified atom stereocenters. The van der Waals surface area contributed by atoms with Gasteiger partial charge in [0.05, 0.1) is 37.1 Å². The summed E-state index contributed by atoms with van der Waals surface area (Å²) in [6.45, 7) is 5.81. The van der Waals surface area contributed by atoms with Crippen LogP contribution < -0.4 is 0 Å². The Morgan fingerprint density at radius 3 is 2.54 bits per heavy atom. The maximum atomic E-state index is 5.89. The number of aromatic nitrogens is 4. The van der Waals surface area contributed by atoms with Gasteiger partial charge in [-0.15, -0.1) is 0 Å². The van der Waals surface area contributed by atoms with Crippen LogP contribution in [0.2, 0.25) is 0 Å². The SMILES string of the molecule is CN1CCN([C@H]2COC[C@@H]2n2ccnc2-c2cnc(-c3ccco3)nc2)CC1. The Kier molecular flexibility index (Phi) is 4.67. The van der Waals surface area contributed by atoms with Gasteiger partial charge in [-0.1, -0.05) is 0 Å². The molecule has 3 aromatic rings. The first-order valence-corrected chi connectivity index (χ1v) is 9.69. The number of furan rings is 1. The Morgan fingerprint density at radius 1 is 1.00 bits per heavy atom. The van der Waals surface area contributed by atoms with Crippen molar-refractivity contribution >= 4 is 0 Å². The number of hydrogen-bond donors (Lipinski definition) is 0. The van der Waals surface area contributed by atoms with Gasteiger partial charge in [-0.25, -0.2) is 15.0 Å². The molecule has 0 saturated carbocycles. The molecule has 0 radical (unpaired) electrons. The molecule has 0 spiro atoms. The molecule has 146 valence electrons. The number of nitrogens with zero attached hydrogens (tertiary/aromatic N) is 6. The minimum Gasteiger partial charge on any atom is -0.461 e. The average Bonchev–Trinajstić information content (AvgIpc) is 3.49. The zero-order valence-corrected chi connectivity index (χ0v) is 15.9. The number of imidazole rings is 1. The van der Waals surface area contributed by atoms with Crippen LogP contribution in [0.25, 0.3) is 23.0 Å². The molecular weight excluding hydrogens is 356 g/mol. The van der Waals surface area contributed by atoms with Gasteiger partial charge in [0, 0.05) is 51.0 Å². The van der Waals surface area contributed by atoms with Crippen molar-refractivity contribution in [3.8, 4) is 23.0 Å². The third-order valence-corrected chi connectivity index (χ3v) is 5.71. The van der Waals surface area contributed by atoms with Crippen LogP contribution in [0, 0.1) is 0 Å². The molecule has 2 aliphatic rings. The van der Waals surface area contributed by atoms with Gasteiger partial charge in [-0.2, -0.15) is 0 Å². The lowest BCUT2D eigenvalue weighted by molar-refractivity contribution is 0.0889. The second kappa shape index (κ2) is 7.46. The molecule has 2 saturated heterocycles. The van der Waals surface area contributed by atoms with Gasteiger partial charge in [0.15, 0.2) is 11.6 Å². The molecule has 0 bridgehead atoms. The maximum absolute atomic E-state index is 5.89. The molecule has 2 atom stereocenters. The van der Waals surface area contributed by atoms with Gasteiger partial charge in [0.1, 0.15) is 5.82 Å². The lowest BCUT2D eigenvalue weighted by Gasteiger charge is -2.38. The van der Waals surface area contributed by atoms with E-state index in [1.165, 1.54) is 0 Å². The summed E-state index contributed by atoms with van der Waals surface area (Å²) in [6.07, 6.45) is 9.12. The van der Waals surface area contributed by atoms with Crippen molar-refractivity contribution in [1.29, 1.82) is 0 Å². The highest BCUT2D eigenvalue weighted by molar-refractivity contribution is 5.56. The first-order valence-electron chi connectivity index (χ1n) is 9.69. The topological polar surface area (TPSA) is 72.5 Å². The van der Waals surface area contributed by atoms with Crippen molar-refractivity contribution in [2.75, 3.05) is 46.4 Å². The summed E-state index contributed by atoms with van der Waals surface area (Å²) in [5, 5.41) is 0. The van der Waals surface area contributed by atoms with E-state index >= 15 is 0 Å². The summed E-state index contributed by atoms with van der Waals surface area (Å²) < 4.78 is 13.5. The Hall–Kier alpha value is -2.55. The monoisotopic (exact) mass is 380 g/mol. The van der Waals surface area contributed by atoms with Crippen molar-refractivity contribution < 1.29 is 9.15 Å². The van der Waals surface area contributed by atoms with Crippen LogP contribution in [-0.4, -0.2) is 81.8 Å². The minimum atomic E-state index is 0.241. The smallest absolute Gasteiger partial charge is 0.195 e. The van der Waals surface area contributed by atoms with E-state index in [9.17, 15) is 0 Å². The van der Waals surface area contributed by atoms with Gasteiger partial charge in [0.25, 0.3) is 0 Å². The number of likely N-dealkylation sites (N-methyl/N-ethyl adjacent to an activating group) is 1. The minimum absolute atomic E-state index is 0.241. The van der Waals surface area contributed by atoms with Gasteiger partial charge < -0.3 is 18.6 Å². The standard InChI is InChI=1S/C20H24N6O2/c1-24-6-8-25(9-7-24)16-13-27-14-17(16)26-5-4-21-20(26)15-11-22-19(23-12-15)18-3-2-10-28-18/h2-5,10-12,16-17H,6-9,13-14H2,1H3/t16-,17-/m0/s1. The molecule has 5 heterocycles. The Labute approximate surface area is 163 Å². The summed E-state index contributed by atoms with van der Waals surface area (Å²) in [5.74, 6) is 2.11. The predicted molar refractivity (Wildman–Crippen MR) is 104 cm³/mol. The summed E-state index contributed by atoms with van der Waals surface area (Å²) in [7, 11) is 2.18. The second-order valence-electron chi connectivity index (χ2n) is 7.44. The first kappa shape index (κ1) is 17.5. The number of rotatable bonds is 4. The predicted octanol–water partition coefficient (Wildman–Crippen LogP) is 1.79. The lowest BCUT2D eigenvalue weighted by atomic mass is 10.1. The van der Waals surface area contributed by atoms with Crippen molar-refractivity contribution in [3.05, 3.63) is 43.2 Å². The normalized spacial score (nSPS) is 24.0. The zero-order valence-electron chi connectivity index (χ0n) is 15.9. The molecular formula is C20H24N6O2. The first-order chi connectivity index (χ1) is 13.8. The maximum Gasteiger partial charge on any atom is 0.195 e. The van der Waals surface area contributed by atoms with E-state index < -0.39 is 0 Å². The van der Waals surface area contributed by atoms with Crippen LogP contribution in [0.1, 0.15) is 6.04 Å². The van der Waals surface area contributed by atoms with Crippen LogP contribution in [0.4, 0.5) is 0 Å². The number of piperazine rings is 1. The summed E-state index contributed by atoms with van der Waals surface area (Å²) in [5.41, 5.74) is 0.893. The van der Waals surface area contributed by atoms with Crippen LogP contribution in [0.15, 0.2) is 47.6 Å². The van der Waals surface area contributed by atoms with E-state index in [0.717, 1.165) is 44.2 Å². The summed E-state index contributed by atoms with van der Waals surface area (Å²) in [4.78, 5) is 18.4. The van der Waals surface area contributed by atoms with E-state index in [1.54, 1.807) is 6.26 Å². The highest BCUT2D eigenvalue weighted by Crippen LogP contribution is 2.30. The quantitative estimate of drug-likeness (QED) is 0.683. The number of hydrogen-bond acceptors (Lipinski definition) is 7. The molecule has 0 aliphatic carbocycles. The van der Waals surface area contributed by atoms with Gasteiger partial charge in [0.2, 0.25) is 0 Å². The van der Waals surface area contributed by atoms with Crippen molar-refractivity contribution in [2.24, 2.45) is 0 Å². The Morgan fingerprint density at radius 2 is 1.79 bits per heavy atom. The Balaban J connectivity index is 1.39. The third kappa shape index (κ3) is 3.23. The molecule has 2 aliphatic heterocycles. The van der Waals surface area contributed by atoms with E-state index in [0.29, 0.717) is 24.2 Å². The molecule has 2 fully saturated rings. The van der Waals surface area contributed by atoms with Crippen molar-refractivity contribution in [2.45, 2.75) is 12.1 Å². The number of ether oxygens (including phenoxy) is 1. The zero-order chi connectivity index (χ0) is 18.9. The van der Waals surface area contributed by atoms with E-state index in [2.05, 4.69) is 36.4 Å². The molecule has 8 heteroatoms. The molecule has 0 aromatic carbocycles. The van der Waals surface area contributed by atoms with E-state index in [-0.39, 0.29) is 6.04 Å². The van der Waals surface area contributed by atoms with E-state index in [1.807, 2.05) is 36.9 Å². The van der Waals surface area contributed by atoms with Crippen LogP contribution >= 0.6 is 0 Å². The largest absolute Gasteiger partial charge is 0.461 e. The summed E-state index contributed by atoms with van der Waals surface area (Å²) in [6, 6.07) is 4.29. The average molecular weight is 380 g/mol. The second-order valence-corrected chi connectivity index (χ2v) is 7.44. The fourth-order valence-corrected chi connectivity index (χ4v) is 4.08. The molecule has 28 heavy (non-hydrogen) atoms. The highest BCUT2D eigenvalue weighted by Gasteiger charge is 2.36. The van der Waals surface area contributed by atoms with Crippen LogP contribution in [0.3, 0.4) is 0 Å². The Bertz CT molecular complexity index is 899. The van der Waals surface area contributed by atoms with Crippen LogP contribution in [-0.2, 0) is 4.74 Å². The van der Waals surface area contributed by atoms with Crippen LogP contribution in [0.5, 0.6) is 0 Å². The van der Waals surface area contributed by atoms with Gasteiger partial charge in [-0.05, 0) is 19.2 Å². The molecule has 0 amide bonds. The molecule has 0 N–H and O–H groups in total. The fourth-order valence-electron chi connectivity index (χ4n) is 4.08. The van der Waals surface area contributed by atoms with Crippen molar-refractivity contribution in [3.63, 3.8) is 0 Å². The fraction of sp³-hybridized carbons (Fsp3) is 0.450.